The number of ether oxygens (including phenoxy) is 1. The number of hydrogen-bond donors (Lipinski definition) is 1. The molecule has 0 saturated heterocycles. The first-order valence-electron chi connectivity index (χ1n) is 4.28. The quantitative estimate of drug-likeness (QED) is 0.901. The predicted molar refractivity (Wildman–Crippen MR) is 55.4 cm³/mol. The number of aromatic carboxylic acids is 1. The highest BCUT2D eigenvalue weighted by Crippen LogP contribution is 2.33. The molecule has 0 saturated carbocycles. The van der Waals surface area contributed by atoms with E-state index >= 15 is 0 Å². The second-order valence-corrected chi connectivity index (χ2v) is 4.05. The van der Waals surface area contributed by atoms with Crippen molar-refractivity contribution in [1.29, 1.82) is 0 Å². The summed E-state index contributed by atoms with van der Waals surface area (Å²) in [5.74, 6) is -1.08. The van der Waals surface area contributed by atoms with Crippen LogP contribution in [0.3, 0.4) is 0 Å². The Morgan fingerprint density at radius 3 is 2.81 bits per heavy atom. The normalized spacial score (nSPS) is 10.9. The maximum Gasteiger partial charge on any atom is 0.387 e. The van der Waals surface area contributed by atoms with Crippen molar-refractivity contribution in [1.82, 2.24) is 0 Å². The molecule has 84 valence electrons. The number of rotatable bonds is 3. The van der Waals surface area contributed by atoms with Gasteiger partial charge in [-0.3, -0.25) is 0 Å². The van der Waals surface area contributed by atoms with Crippen molar-refractivity contribution in [3.63, 3.8) is 0 Å². The molecule has 0 radical (unpaired) electrons. The minimum Gasteiger partial charge on any atom is -0.477 e. The van der Waals surface area contributed by atoms with Crippen molar-refractivity contribution in [3.8, 4) is 5.75 Å². The molecule has 3 nitrogen and oxygen atoms in total. The van der Waals surface area contributed by atoms with Gasteiger partial charge < -0.3 is 9.84 Å². The summed E-state index contributed by atoms with van der Waals surface area (Å²) in [6.07, 6.45) is 0. The van der Waals surface area contributed by atoms with E-state index in [4.69, 9.17) is 5.11 Å². The number of benzene rings is 1. The number of thiophene rings is 1. The summed E-state index contributed by atoms with van der Waals surface area (Å²) in [5.41, 5.74) is 0. The summed E-state index contributed by atoms with van der Waals surface area (Å²) in [6, 6.07) is 5.92. The molecular formula is C10H6F2O3S. The second kappa shape index (κ2) is 4.05. The topological polar surface area (TPSA) is 46.5 Å². The monoisotopic (exact) mass is 244 g/mol. The van der Waals surface area contributed by atoms with E-state index in [1.165, 1.54) is 12.1 Å². The van der Waals surface area contributed by atoms with Crippen molar-refractivity contribution in [3.05, 3.63) is 29.1 Å². The molecular weight excluding hydrogens is 238 g/mol. The van der Waals surface area contributed by atoms with Gasteiger partial charge in [-0.05, 0) is 18.2 Å². The lowest BCUT2D eigenvalue weighted by Gasteiger charge is -2.04. The summed E-state index contributed by atoms with van der Waals surface area (Å²) in [6.45, 7) is -2.92. The molecule has 0 aliphatic rings. The molecule has 0 fully saturated rings. The zero-order valence-corrected chi connectivity index (χ0v) is 8.63. The van der Waals surface area contributed by atoms with Crippen molar-refractivity contribution in [2.75, 3.05) is 0 Å². The molecule has 0 atom stereocenters. The third kappa shape index (κ3) is 1.96. The molecule has 2 aromatic rings. The number of carboxylic acid groups (broad SMARTS) is 1. The zero-order valence-electron chi connectivity index (χ0n) is 7.81. The van der Waals surface area contributed by atoms with Crippen LogP contribution in [0.25, 0.3) is 10.1 Å². The van der Waals surface area contributed by atoms with Gasteiger partial charge in [-0.1, -0.05) is 6.07 Å². The van der Waals surface area contributed by atoms with Gasteiger partial charge in [-0.2, -0.15) is 8.78 Å². The van der Waals surface area contributed by atoms with E-state index in [9.17, 15) is 13.6 Å². The van der Waals surface area contributed by atoms with Gasteiger partial charge in [0.1, 0.15) is 10.6 Å². The average Bonchev–Trinajstić information content (AvgIpc) is 2.61. The van der Waals surface area contributed by atoms with E-state index in [0.29, 0.717) is 10.1 Å². The van der Waals surface area contributed by atoms with E-state index in [0.717, 1.165) is 11.3 Å². The van der Waals surface area contributed by atoms with Gasteiger partial charge in [0.05, 0.1) is 0 Å². The van der Waals surface area contributed by atoms with Crippen LogP contribution in [0, 0.1) is 0 Å². The van der Waals surface area contributed by atoms with E-state index in [1.807, 2.05) is 0 Å². The summed E-state index contributed by atoms with van der Waals surface area (Å²) < 4.78 is 29.1. The number of alkyl halides is 2. The fraction of sp³-hybridized carbons (Fsp3) is 0.100. The highest BCUT2D eigenvalue weighted by atomic mass is 32.1. The van der Waals surface area contributed by atoms with Crippen LogP contribution in [0.2, 0.25) is 0 Å². The van der Waals surface area contributed by atoms with Crippen LogP contribution in [0.5, 0.6) is 5.75 Å². The van der Waals surface area contributed by atoms with Gasteiger partial charge in [0, 0.05) is 10.1 Å². The predicted octanol–water partition coefficient (Wildman–Crippen LogP) is 3.20. The van der Waals surface area contributed by atoms with E-state index < -0.39 is 12.6 Å². The van der Waals surface area contributed by atoms with E-state index in [2.05, 4.69) is 4.74 Å². The molecule has 6 heteroatoms. The molecule has 0 unspecified atom stereocenters. The Balaban J connectivity index is 2.54. The fourth-order valence-corrected chi connectivity index (χ4v) is 2.26. The number of halogens is 2. The lowest BCUT2D eigenvalue weighted by molar-refractivity contribution is -0.0487. The van der Waals surface area contributed by atoms with E-state index in [1.54, 1.807) is 12.1 Å². The van der Waals surface area contributed by atoms with Gasteiger partial charge in [-0.25, -0.2) is 4.79 Å². The highest BCUT2D eigenvalue weighted by Gasteiger charge is 2.13. The van der Waals surface area contributed by atoms with Crippen molar-refractivity contribution in [2.45, 2.75) is 6.61 Å². The number of fused-ring (bicyclic) bond motifs is 1. The van der Waals surface area contributed by atoms with Gasteiger partial charge >= 0.3 is 12.6 Å². The zero-order chi connectivity index (χ0) is 11.7. The van der Waals surface area contributed by atoms with Crippen molar-refractivity contribution < 1.29 is 23.4 Å². The molecule has 1 N–H and O–H groups in total. The van der Waals surface area contributed by atoms with Crippen LogP contribution >= 0.6 is 11.3 Å². The molecule has 0 spiro atoms. The maximum atomic E-state index is 12.1. The number of carbonyl (C=O) groups is 1. The van der Waals surface area contributed by atoms with Crippen molar-refractivity contribution in [2.24, 2.45) is 0 Å². The third-order valence-electron chi connectivity index (χ3n) is 1.95. The first kappa shape index (κ1) is 10.8. The van der Waals surface area contributed by atoms with Crippen LogP contribution in [0.15, 0.2) is 24.3 Å². The Hall–Kier alpha value is -1.69. The SMILES string of the molecule is O=C(O)c1cc2c(OC(F)F)cccc2s1. The molecule has 1 aromatic heterocycles. The fourth-order valence-electron chi connectivity index (χ4n) is 1.34. The lowest BCUT2D eigenvalue weighted by atomic mass is 10.2. The summed E-state index contributed by atoms with van der Waals surface area (Å²) in [7, 11) is 0. The first-order chi connectivity index (χ1) is 7.58. The van der Waals surface area contributed by atoms with Crippen LogP contribution < -0.4 is 4.74 Å². The Kier molecular flexibility index (Phi) is 2.74. The number of hydrogen-bond acceptors (Lipinski definition) is 3. The molecule has 0 aliphatic heterocycles. The Morgan fingerprint density at radius 2 is 2.19 bits per heavy atom. The number of carboxylic acids is 1. The van der Waals surface area contributed by atoms with Gasteiger partial charge in [0.2, 0.25) is 0 Å². The van der Waals surface area contributed by atoms with Crippen molar-refractivity contribution >= 4 is 27.4 Å². The molecule has 16 heavy (non-hydrogen) atoms. The molecule has 2 rings (SSSR count). The summed E-state index contributed by atoms with van der Waals surface area (Å²) >= 11 is 1.02. The van der Waals surface area contributed by atoms with Crippen LogP contribution in [0.1, 0.15) is 9.67 Å². The first-order valence-corrected chi connectivity index (χ1v) is 5.10. The Morgan fingerprint density at radius 1 is 1.44 bits per heavy atom. The average molecular weight is 244 g/mol. The largest absolute Gasteiger partial charge is 0.477 e. The molecule has 1 heterocycles. The lowest BCUT2D eigenvalue weighted by Crippen LogP contribution is -2.01. The van der Waals surface area contributed by atoms with E-state index in [-0.39, 0.29) is 10.6 Å². The van der Waals surface area contributed by atoms with Crippen LogP contribution in [-0.2, 0) is 0 Å². The standard InChI is InChI=1S/C10H6F2O3S/c11-10(12)15-6-2-1-3-7-5(6)4-8(16-7)9(13)14/h1-4,10H,(H,13,14). The third-order valence-corrected chi connectivity index (χ3v) is 3.04. The minimum atomic E-state index is -2.92. The minimum absolute atomic E-state index is 0.00347. The van der Waals surface area contributed by atoms with Crippen LogP contribution in [-0.4, -0.2) is 17.7 Å². The molecule has 0 amide bonds. The molecule has 0 aliphatic carbocycles. The summed E-state index contributed by atoms with van der Waals surface area (Å²) in [4.78, 5) is 10.8. The summed E-state index contributed by atoms with van der Waals surface area (Å²) in [5, 5.41) is 9.17. The van der Waals surface area contributed by atoms with Gasteiger partial charge in [0.25, 0.3) is 0 Å². The molecule has 1 aromatic carbocycles. The highest BCUT2D eigenvalue weighted by molar-refractivity contribution is 7.20. The maximum absolute atomic E-state index is 12.1. The Bertz CT molecular complexity index is 536. The Labute approximate surface area is 92.9 Å². The van der Waals surface area contributed by atoms with Crippen LogP contribution in [0.4, 0.5) is 8.78 Å². The smallest absolute Gasteiger partial charge is 0.387 e. The van der Waals surface area contributed by atoms with Gasteiger partial charge in [0.15, 0.2) is 0 Å². The molecule has 0 bridgehead atoms. The second-order valence-electron chi connectivity index (χ2n) is 2.96. The van der Waals surface area contributed by atoms with Gasteiger partial charge in [-0.15, -0.1) is 11.3 Å².